The van der Waals surface area contributed by atoms with Crippen molar-refractivity contribution in [2.45, 2.75) is 37.6 Å². The Morgan fingerprint density at radius 3 is 2.38 bits per heavy atom. The second-order valence-corrected chi connectivity index (χ2v) is 3.60. The predicted octanol–water partition coefficient (Wildman–Crippen LogP) is 1.39. The lowest BCUT2D eigenvalue weighted by Gasteiger charge is -2.27. The van der Waals surface area contributed by atoms with Gasteiger partial charge in [0.05, 0.1) is 12.6 Å². The van der Waals surface area contributed by atoms with E-state index in [1.165, 1.54) is 11.9 Å². The molecular formula is C8H14F3NO. The summed E-state index contributed by atoms with van der Waals surface area (Å²) in [4.78, 5) is 1.19. The van der Waals surface area contributed by atoms with Crippen LogP contribution in [0.15, 0.2) is 0 Å². The van der Waals surface area contributed by atoms with Crippen LogP contribution in [0.5, 0.6) is 0 Å². The molecule has 0 amide bonds. The van der Waals surface area contributed by atoms with Gasteiger partial charge in [0.15, 0.2) is 0 Å². The number of alkyl halides is 3. The van der Waals surface area contributed by atoms with Crippen molar-refractivity contribution >= 4 is 0 Å². The maximum Gasteiger partial charge on any atom is 0.401 e. The molecule has 1 aliphatic rings. The van der Waals surface area contributed by atoms with Gasteiger partial charge >= 0.3 is 6.18 Å². The zero-order valence-electron chi connectivity index (χ0n) is 7.51. The number of hydrogen-bond acceptors (Lipinski definition) is 2. The zero-order valence-corrected chi connectivity index (χ0v) is 7.51. The van der Waals surface area contributed by atoms with Crippen molar-refractivity contribution in [2.75, 3.05) is 13.6 Å². The van der Waals surface area contributed by atoms with Crippen molar-refractivity contribution in [3.05, 3.63) is 0 Å². The van der Waals surface area contributed by atoms with Crippen LogP contribution >= 0.6 is 0 Å². The Bertz CT molecular complexity index is 171. The molecule has 78 valence electrons. The van der Waals surface area contributed by atoms with Crippen LogP contribution in [0.4, 0.5) is 13.2 Å². The second-order valence-electron chi connectivity index (χ2n) is 3.60. The van der Waals surface area contributed by atoms with E-state index in [1.54, 1.807) is 0 Å². The highest BCUT2D eigenvalue weighted by Crippen LogP contribution is 2.26. The van der Waals surface area contributed by atoms with E-state index in [1.807, 2.05) is 0 Å². The average Bonchev–Trinajstić information content (AvgIpc) is 2.30. The molecule has 13 heavy (non-hydrogen) atoms. The summed E-state index contributed by atoms with van der Waals surface area (Å²) in [5, 5.41) is 9.35. The Labute approximate surface area is 75.3 Å². The number of rotatable bonds is 2. The summed E-state index contributed by atoms with van der Waals surface area (Å²) in [6.45, 7) is -0.936. The van der Waals surface area contributed by atoms with Crippen molar-refractivity contribution in [2.24, 2.45) is 0 Å². The Morgan fingerprint density at radius 2 is 2.00 bits per heavy atom. The van der Waals surface area contributed by atoms with Crippen molar-refractivity contribution in [3.63, 3.8) is 0 Å². The van der Waals surface area contributed by atoms with E-state index >= 15 is 0 Å². The van der Waals surface area contributed by atoms with Gasteiger partial charge in [0.2, 0.25) is 0 Å². The molecule has 0 aromatic rings. The summed E-state index contributed by atoms with van der Waals surface area (Å²) in [6.07, 6.45) is -2.67. The second kappa shape index (κ2) is 3.84. The molecular weight excluding hydrogens is 183 g/mol. The van der Waals surface area contributed by atoms with Crippen LogP contribution in [0.25, 0.3) is 0 Å². The van der Waals surface area contributed by atoms with Crippen molar-refractivity contribution in [1.82, 2.24) is 4.90 Å². The summed E-state index contributed by atoms with van der Waals surface area (Å²) in [5.74, 6) is 0. The lowest BCUT2D eigenvalue weighted by Crippen LogP contribution is -2.42. The number of likely N-dealkylation sites (N-methyl/N-ethyl adjacent to an activating group) is 1. The summed E-state index contributed by atoms with van der Waals surface area (Å²) < 4.78 is 35.9. The minimum Gasteiger partial charge on any atom is -0.391 e. The van der Waals surface area contributed by atoms with Crippen molar-refractivity contribution in [3.8, 4) is 0 Å². The van der Waals surface area contributed by atoms with E-state index in [9.17, 15) is 18.3 Å². The number of aliphatic hydroxyl groups is 1. The van der Waals surface area contributed by atoms with Crippen LogP contribution in [0.2, 0.25) is 0 Å². The average molecular weight is 197 g/mol. The van der Waals surface area contributed by atoms with Gasteiger partial charge in [0.1, 0.15) is 0 Å². The summed E-state index contributed by atoms with van der Waals surface area (Å²) in [5.41, 5.74) is 0. The first-order chi connectivity index (χ1) is 5.90. The van der Waals surface area contributed by atoms with Gasteiger partial charge in [0, 0.05) is 6.04 Å². The van der Waals surface area contributed by atoms with E-state index < -0.39 is 18.8 Å². The molecule has 0 radical (unpaired) electrons. The van der Waals surface area contributed by atoms with Gasteiger partial charge < -0.3 is 5.11 Å². The van der Waals surface area contributed by atoms with Gasteiger partial charge in [0.25, 0.3) is 0 Å². The highest BCUT2D eigenvalue weighted by Gasteiger charge is 2.36. The van der Waals surface area contributed by atoms with Crippen molar-refractivity contribution < 1.29 is 18.3 Å². The summed E-state index contributed by atoms with van der Waals surface area (Å²) in [6, 6.07) is -0.318. The van der Waals surface area contributed by atoms with Gasteiger partial charge in [-0.2, -0.15) is 13.2 Å². The fourth-order valence-corrected chi connectivity index (χ4v) is 1.84. The van der Waals surface area contributed by atoms with Gasteiger partial charge in [-0.25, -0.2) is 0 Å². The lowest BCUT2D eigenvalue weighted by atomic mass is 10.2. The Kier molecular flexibility index (Phi) is 3.18. The molecule has 0 spiro atoms. The zero-order chi connectivity index (χ0) is 10.1. The molecule has 1 fully saturated rings. The van der Waals surface area contributed by atoms with E-state index in [0.29, 0.717) is 12.8 Å². The largest absolute Gasteiger partial charge is 0.401 e. The van der Waals surface area contributed by atoms with Gasteiger partial charge in [-0.05, 0) is 26.3 Å². The smallest absolute Gasteiger partial charge is 0.391 e. The Hall–Kier alpha value is -0.290. The van der Waals surface area contributed by atoms with E-state index in [2.05, 4.69) is 0 Å². The topological polar surface area (TPSA) is 23.5 Å². The van der Waals surface area contributed by atoms with Crippen LogP contribution in [0, 0.1) is 0 Å². The predicted molar refractivity (Wildman–Crippen MR) is 42.3 cm³/mol. The molecule has 0 aromatic heterocycles. The SMILES string of the molecule is CN(CC(F)(F)F)[C@@H]1CCC[C@H]1O. The highest BCUT2D eigenvalue weighted by molar-refractivity contribution is 4.84. The molecule has 1 aliphatic carbocycles. The first-order valence-electron chi connectivity index (χ1n) is 4.35. The minimum atomic E-state index is -4.17. The number of nitrogens with zero attached hydrogens (tertiary/aromatic N) is 1. The molecule has 5 heteroatoms. The fraction of sp³-hybridized carbons (Fsp3) is 1.00. The first kappa shape index (κ1) is 10.8. The normalized spacial score (nSPS) is 30.0. The molecule has 1 N–H and O–H groups in total. The molecule has 2 atom stereocenters. The standard InChI is InChI=1S/C8H14F3NO/c1-12(5-8(9,10)11)6-3-2-4-7(6)13/h6-7,13H,2-5H2,1H3/t6-,7-/m1/s1. The van der Waals surface area contributed by atoms with Crippen LogP contribution in [0.1, 0.15) is 19.3 Å². The Balaban J connectivity index is 2.43. The number of aliphatic hydroxyl groups excluding tert-OH is 1. The minimum absolute atomic E-state index is 0.318. The lowest BCUT2D eigenvalue weighted by molar-refractivity contribution is -0.150. The molecule has 2 nitrogen and oxygen atoms in total. The molecule has 1 rings (SSSR count). The van der Waals surface area contributed by atoms with Crippen LogP contribution in [-0.4, -0.2) is 41.9 Å². The fourth-order valence-electron chi connectivity index (χ4n) is 1.84. The van der Waals surface area contributed by atoms with Crippen LogP contribution in [-0.2, 0) is 0 Å². The van der Waals surface area contributed by atoms with E-state index in [-0.39, 0.29) is 6.04 Å². The number of hydrogen-bond donors (Lipinski definition) is 1. The van der Waals surface area contributed by atoms with Gasteiger partial charge in [-0.1, -0.05) is 0 Å². The third kappa shape index (κ3) is 3.15. The summed E-state index contributed by atoms with van der Waals surface area (Å²) in [7, 11) is 1.41. The molecule has 0 bridgehead atoms. The van der Waals surface area contributed by atoms with E-state index in [4.69, 9.17) is 0 Å². The first-order valence-corrected chi connectivity index (χ1v) is 4.35. The van der Waals surface area contributed by atoms with Crippen LogP contribution in [0.3, 0.4) is 0 Å². The van der Waals surface area contributed by atoms with Crippen LogP contribution < -0.4 is 0 Å². The number of halogens is 3. The molecule has 0 saturated heterocycles. The van der Waals surface area contributed by atoms with E-state index in [0.717, 1.165) is 6.42 Å². The molecule has 0 aliphatic heterocycles. The summed E-state index contributed by atoms with van der Waals surface area (Å²) >= 11 is 0. The third-order valence-corrected chi connectivity index (χ3v) is 2.44. The maximum atomic E-state index is 12.0. The maximum absolute atomic E-state index is 12.0. The Morgan fingerprint density at radius 1 is 1.38 bits per heavy atom. The third-order valence-electron chi connectivity index (χ3n) is 2.44. The molecule has 1 saturated carbocycles. The molecule has 0 aromatic carbocycles. The quantitative estimate of drug-likeness (QED) is 0.723. The monoisotopic (exact) mass is 197 g/mol. The van der Waals surface area contributed by atoms with Gasteiger partial charge in [-0.15, -0.1) is 0 Å². The van der Waals surface area contributed by atoms with Crippen molar-refractivity contribution in [1.29, 1.82) is 0 Å². The van der Waals surface area contributed by atoms with Gasteiger partial charge in [-0.3, -0.25) is 4.90 Å². The highest BCUT2D eigenvalue weighted by atomic mass is 19.4. The molecule has 0 unspecified atom stereocenters. The molecule has 0 heterocycles.